The first kappa shape index (κ1) is 20.3. The highest BCUT2D eigenvalue weighted by Gasteiger charge is 2.25. The van der Waals surface area contributed by atoms with Crippen molar-refractivity contribution in [3.8, 4) is 0 Å². The number of hydrogen-bond acceptors (Lipinski definition) is 3. The molecule has 0 N–H and O–H groups in total. The van der Waals surface area contributed by atoms with E-state index in [-0.39, 0.29) is 0 Å². The number of hydrogen-bond donors (Lipinski definition) is 0. The number of benzene rings is 1. The number of carbonyl (C=O) groups is 1. The summed E-state index contributed by atoms with van der Waals surface area (Å²) in [5, 5.41) is 4.44. The van der Waals surface area contributed by atoms with Crippen LogP contribution in [0.15, 0.2) is 36.7 Å². The van der Waals surface area contributed by atoms with Crippen molar-refractivity contribution >= 4 is 5.78 Å². The van der Waals surface area contributed by atoms with E-state index >= 15 is 0 Å². The highest BCUT2D eigenvalue weighted by atomic mass is 16.1. The molecular formula is C25H35N3O. The Morgan fingerprint density at radius 2 is 1.72 bits per heavy atom. The molecule has 1 saturated carbocycles. The van der Waals surface area contributed by atoms with Crippen LogP contribution in [0.4, 0.5) is 0 Å². The van der Waals surface area contributed by atoms with Gasteiger partial charge in [0, 0.05) is 25.2 Å². The quantitative estimate of drug-likeness (QED) is 0.696. The molecule has 1 saturated heterocycles. The van der Waals surface area contributed by atoms with Crippen LogP contribution in [-0.2, 0) is 17.9 Å². The highest BCUT2D eigenvalue weighted by molar-refractivity contribution is 5.78. The molecule has 0 bridgehead atoms. The minimum Gasteiger partial charge on any atom is -0.300 e. The van der Waals surface area contributed by atoms with E-state index in [0.717, 1.165) is 44.7 Å². The van der Waals surface area contributed by atoms with E-state index in [4.69, 9.17) is 0 Å². The van der Waals surface area contributed by atoms with E-state index in [2.05, 4.69) is 52.1 Å². The summed E-state index contributed by atoms with van der Waals surface area (Å²) in [6.07, 6.45) is 11.1. The Morgan fingerprint density at radius 3 is 2.31 bits per heavy atom. The number of carbonyl (C=O) groups excluding carboxylic acids is 1. The third-order valence-electron chi connectivity index (χ3n) is 7.07. The summed E-state index contributed by atoms with van der Waals surface area (Å²) in [5.41, 5.74) is 4.13. The van der Waals surface area contributed by atoms with Gasteiger partial charge in [-0.15, -0.1) is 0 Å². The zero-order valence-electron chi connectivity index (χ0n) is 18.0. The minimum atomic E-state index is 0.311. The monoisotopic (exact) mass is 393 g/mol. The maximum atomic E-state index is 11.6. The van der Waals surface area contributed by atoms with Gasteiger partial charge in [-0.2, -0.15) is 5.10 Å². The summed E-state index contributed by atoms with van der Waals surface area (Å²) in [5.74, 6) is 2.08. The SMILES string of the molecule is Cc1cnn(CC2CCN(Cc3ccc([C@H]4CC[C@@H](C(C)=O)CC4)cc3)CC2)c1. The summed E-state index contributed by atoms with van der Waals surface area (Å²) >= 11 is 0. The van der Waals surface area contributed by atoms with Gasteiger partial charge in [-0.05, 0) is 94.0 Å². The van der Waals surface area contributed by atoms with Crippen molar-refractivity contribution in [3.05, 3.63) is 53.3 Å². The average molecular weight is 394 g/mol. The molecule has 156 valence electrons. The minimum absolute atomic E-state index is 0.311. The molecule has 2 fully saturated rings. The first-order chi connectivity index (χ1) is 14.1. The number of piperidine rings is 1. The molecule has 1 aromatic heterocycles. The van der Waals surface area contributed by atoms with Gasteiger partial charge in [-0.25, -0.2) is 0 Å². The summed E-state index contributed by atoms with van der Waals surface area (Å²) in [6, 6.07) is 9.32. The maximum Gasteiger partial charge on any atom is 0.132 e. The Balaban J connectivity index is 1.23. The molecular weight excluding hydrogens is 358 g/mol. The third kappa shape index (κ3) is 5.36. The maximum absolute atomic E-state index is 11.6. The number of ketones is 1. The van der Waals surface area contributed by atoms with Crippen molar-refractivity contribution < 1.29 is 4.79 Å². The van der Waals surface area contributed by atoms with Crippen LogP contribution in [-0.4, -0.2) is 33.6 Å². The summed E-state index contributed by atoms with van der Waals surface area (Å²) < 4.78 is 2.11. The van der Waals surface area contributed by atoms with E-state index in [1.54, 1.807) is 6.92 Å². The van der Waals surface area contributed by atoms with Crippen LogP contribution in [0.3, 0.4) is 0 Å². The predicted octanol–water partition coefficient (Wildman–Crippen LogP) is 4.97. The number of aromatic nitrogens is 2. The lowest BCUT2D eigenvalue weighted by atomic mass is 9.77. The van der Waals surface area contributed by atoms with Crippen molar-refractivity contribution in [2.75, 3.05) is 13.1 Å². The number of Topliss-reactive ketones (excluding diaryl/α,β-unsaturated/α-hetero) is 1. The molecule has 29 heavy (non-hydrogen) atoms. The topological polar surface area (TPSA) is 38.1 Å². The van der Waals surface area contributed by atoms with Gasteiger partial charge in [0.1, 0.15) is 5.78 Å². The Morgan fingerprint density at radius 1 is 1.03 bits per heavy atom. The second-order valence-electron chi connectivity index (χ2n) is 9.36. The fraction of sp³-hybridized carbons (Fsp3) is 0.600. The Kier molecular flexibility index (Phi) is 6.49. The Hall–Kier alpha value is -1.94. The molecule has 2 aromatic rings. The second-order valence-corrected chi connectivity index (χ2v) is 9.36. The number of aryl methyl sites for hydroxylation is 1. The molecule has 4 heteroatoms. The molecule has 0 radical (unpaired) electrons. The van der Waals surface area contributed by atoms with Crippen LogP contribution >= 0.6 is 0 Å². The first-order valence-corrected chi connectivity index (χ1v) is 11.4. The van der Waals surface area contributed by atoms with E-state index in [9.17, 15) is 4.79 Å². The lowest BCUT2D eigenvalue weighted by Crippen LogP contribution is -2.34. The smallest absolute Gasteiger partial charge is 0.132 e. The van der Waals surface area contributed by atoms with E-state index in [1.165, 1.54) is 42.6 Å². The molecule has 1 aromatic carbocycles. The number of likely N-dealkylation sites (tertiary alicyclic amines) is 1. The normalized spacial score (nSPS) is 23.9. The van der Waals surface area contributed by atoms with Gasteiger partial charge in [0.05, 0.1) is 6.20 Å². The molecule has 4 nitrogen and oxygen atoms in total. The summed E-state index contributed by atoms with van der Waals surface area (Å²) in [6.45, 7) is 8.34. The van der Waals surface area contributed by atoms with Crippen LogP contribution in [0, 0.1) is 18.8 Å². The van der Waals surface area contributed by atoms with Crippen molar-refractivity contribution in [1.29, 1.82) is 0 Å². The van der Waals surface area contributed by atoms with Gasteiger partial charge >= 0.3 is 0 Å². The predicted molar refractivity (Wildman–Crippen MR) is 117 cm³/mol. The summed E-state index contributed by atoms with van der Waals surface area (Å²) in [4.78, 5) is 14.2. The first-order valence-electron chi connectivity index (χ1n) is 11.4. The third-order valence-corrected chi connectivity index (χ3v) is 7.07. The zero-order valence-corrected chi connectivity index (χ0v) is 18.0. The van der Waals surface area contributed by atoms with E-state index < -0.39 is 0 Å². The molecule has 0 atom stereocenters. The van der Waals surface area contributed by atoms with Gasteiger partial charge < -0.3 is 0 Å². The molecule has 2 aliphatic rings. The Bertz CT molecular complexity index is 794. The molecule has 1 aliphatic carbocycles. The fourth-order valence-corrected chi connectivity index (χ4v) is 5.15. The highest BCUT2D eigenvalue weighted by Crippen LogP contribution is 2.36. The molecule has 0 amide bonds. The molecule has 2 heterocycles. The molecule has 1 aliphatic heterocycles. The largest absolute Gasteiger partial charge is 0.300 e. The van der Waals surface area contributed by atoms with E-state index in [0.29, 0.717) is 17.6 Å². The van der Waals surface area contributed by atoms with Gasteiger partial charge in [-0.3, -0.25) is 14.4 Å². The van der Waals surface area contributed by atoms with Gasteiger partial charge in [0.2, 0.25) is 0 Å². The zero-order chi connectivity index (χ0) is 20.2. The van der Waals surface area contributed by atoms with Crippen LogP contribution in [0.1, 0.15) is 68.1 Å². The van der Waals surface area contributed by atoms with Crippen molar-refractivity contribution in [1.82, 2.24) is 14.7 Å². The van der Waals surface area contributed by atoms with Crippen molar-refractivity contribution in [2.45, 2.75) is 71.4 Å². The van der Waals surface area contributed by atoms with Crippen LogP contribution in [0.5, 0.6) is 0 Å². The molecule has 4 rings (SSSR count). The number of rotatable bonds is 6. The van der Waals surface area contributed by atoms with Crippen molar-refractivity contribution in [2.24, 2.45) is 11.8 Å². The lowest BCUT2D eigenvalue weighted by Gasteiger charge is -2.32. The Labute approximate surface area is 175 Å². The van der Waals surface area contributed by atoms with Gasteiger partial charge in [0.25, 0.3) is 0 Å². The molecule has 0 spiro atoms. The van der Waals surface area contributed by atoms with Crippen LogP contribution < -0.4 is 0 Å². The average Bonchev–Trinajstić information content (AvgIpc) is 3.15. The second kappa shape index (κ2) is 9.25. The lowest BCUT2D eigenvalue weighted by molar-refractivity contribution is -0.121. The van der Waals surface area contributed by atoms with Gasteiger partial charge in [-0.1, -0.05) is 24.3 Å². The molecule has 0 unspecified atom stereocenters. The summed E-state index contributed by atoms with van der Waals surface area (Å²) in [7, 11) is 0. The standard InChI is InChI=1S/C25H35N3O/c1-19-15-26-28(16-19)18-22-11-13-27(14-12-22)17-21-3-5-24(6-4-21)25-9-7-23(8-10-25)20(2)29/h3-6,15-16,22-23,25H,7-14,17-18H2,1-2H3/t23-,25+. The fourth-order valence-electron chi connectivity index (χ4n) is 5.15. The van der Waals surface area contributed by atoms with E-state index in [1.807, 2.05) is 6.20 Å². The van der Waals surface area contributed by atoms with Gasteiger partial charge in [0.15, 0.2) is 0 Å². The van der Waals surface area contributed by atoms with Crippen molar-refractivity contribution in [3.63, 3.8) is 0 Å². The number of nitrogens with zero attached hydrogens (tertiary/aromatic N) is 3. The van der Waals surface area contributed by atoms with Crippen LogP contribution in [0.25, 0.3) is 0 Å². The van der Waals surface area contributed by atoms with Crippen LogP contribution in [0.2, 0.25) is 0 Å².